The van der Waals surface area contributed by atoms with E-state index >= 15 is 0 Å². The van der Waals surface area contributed by atoms with Gasteiger partial charge < -0.3 is 5.32 Å². The molecular weight excluding hydrogens is 222 g/mol. The normalized spacial score (nSPS) is 18.1. The Bertz CT molecular complexity index is 714. The van der Waals surface area contributed by atoms with Crippen molar-refractivity contribution in [1.29, 1.82) is 0 Å². The van der Waals surface area contributed by atoms with E-state index in [1.165, 1.54) is 16.5 Å². The van der Waals surface area contributed by atoms with E-state index < -0.39 is 0 Å². The first-order valence-corrected chi connectivity index (χ1v) is 6.18. The van der Waals surface area contributed by atoms with E-state index in [1.807, 2.05) is 12.1 Å². The first-order chi connectivity index (χ1) is 8.93. The second-order valence-electron chi connectivity index (χ2n) is 4.67. The fraction of sp³-hybridized carbons (Fsp3) is 0.133. The number of hydrogen-bond acceptors (Lipinski definition) is 2. The minimum absolute atomic E-state index is 0.230. The first-order valence-electron chi connectivity index (χ1n) is 6.18. The van der Waals surface area contributed by atoms with E-state index in [2.05, 4.69) is 51.9 Å². The number of rotatable bonds is 1. The van der Waals surface area contributed by atoms with E-state index in [4.69, 9.17) is 0 Å². The zero-order valence-corrected chi connectivity index (χ0v) is 9.85. The van der Waals surface area contributed by atoms with Gasteiger partial charge in [0.15, 0.2) is 0 Å². The fourth-order valence-electron chi connectivity index (χ4n) is 2.76. The van der Waals surface area contributed by atoms with Gasteiger partial charge in [-0.05, 0) is 17.2 Å². The summed E-state index contributed by atoms with van der Waals surface area (Å²) in [4.78, 5) is 0. The fourth-order valence-corrected chi connectivity index (χ4v) is 2.76. The van der Waals surface area contributed by atoms with E-state index in [0.717, 1.165) is 17.8 Å². The van der Waals surface area contributed by atoms with Gasteiger partial charge in [0, 0.05) is 11.9 Å². The summed E-state index contributed by atoms with van der Waals surface area (Å²) in [5.41, 5.74) is 4.92. The molecule has 0 saturated heterocycles. The number of fused-ring (bicyclic) bond motifs is 2. The maximum Gasteiger partial charge on any atom is 0.0924 e. The molecule has 4 rings (SSSR count). The molecule has 0 radical (unpaired) electrons. The monoisotopic (exact) mass is 235 g/mol. The molecule has 0 saturated carbocycles. The van der Waals surface area contributed by atoms with Crippen molar-refractivity contribution in [3.05, 3.63) is 65.4 Å². The standard InChI is InChI=1S/C15H13N3/c1-2-6-11-10(5-1)9-16-14(11)15-12-7-3-4-8-13(12)17-18-15/h1-8,14,16H,9H2,(H,17,18). The Balaban J connectivity index is 1.90. The lowest BCUT2D eigenvalue weighted by atomic mass is 10.0. The molecule has 18 heavy (non-hydrogen) atoms. The van der Waals surface area contributed by atoms with Crippen LogP contribution >= 0.6 is 0 Å². The second kappa shape index (κ2) is 3.68. The molecule has 0 aliphatic carbocycles. The molecule has 2 N–H and O–H groups in total. The number of nitrogens with zero attached hydrogens (tertiary/aromatic N) is 1. The molecule has 0 spiro atoms. The number of aromatic amines is 1. The maximum atomic E-state index is 4.37. The molecule has 1 unspecified atom stereocenters. The predicted octanol–water partition coefficient (Wildman–Crippen LogP) is 2.76. The number of nitrogens with one attached hydrogen (secondary N) is 2. The molecule has 0 bridgehead atoms. The van der Waals surface area contributed by atoms with Gasteiger partial charge in [-0.3, -0.25) is 5.10 Å². The van der Waals surface area contributed by atoms with Crippen molar-refractivity contribution in [1.82, 2.24) is 15.5 Å². The third kappa shape index (κ3) is 1.31. The highest BCUT2D eigenvalue weighted by Gasteiger charge is 2.25. The Hall–Kier alpha value is -2.13. The highest BCUT2D eigenvalue weighted by molar-refractivity contribution is 5.82. The molecule has 0 fully saturated rings. The van der Waals surface area contributed by atoms with Crippen molar-refractivity contribution >= 4 is 10.9 Å². The van der Waals surface area contributed by atoms with Crippen LogP contribution < -0.4 is 5.32 Å². The molecule has 0 amide bonds. The molecule has 3 heteroatoms. The Kier molecular flexibility index (Phi) is 2.02. The maximum absolute atomic E-state index is 4.37. The van der Waals surface area contributed by atoms with Gasteiger partial charge in [-0.1, -0.05) is 42.5 Å². The summed E-state index contributed by atoms with van der Waals surface area (Å²) in [6.07, 6.45) is 0. The van der Waals surface area contributed by atoms with Gasteiger partial charge in [0.1, 0.15) is 0 Å². The number of para-hydroxylation sites is 1. The predicted molar refractivity (Wildman–Crippen MR) is 71.2 cm³/mol. The third-order valence-electron chi connectivity index (χ3n) is 3.64. The largest absolute Gasteiger partial charge is 0.301 e. The molecular formula is C15H13N3. The Morgan fingerprint density at radius 1 is 1.00 bits per heavy atom. The van der Waals surface area contributed by atoms with E-state index in [1.54, 1.807) is 0 Å². The minimum Gasteiger partial charge on any atom is -0.301 e. The van der Waals surface area contributed by atoms with Crippen LogP contribution in [-0.4, -0.2) is 10.2 Å². The lowest BCUT2D eigenvalue weighted by molar-refractivity contribution is 0.651. The topological polar surface area (TPSA) is 40.7 Å². The summed E-state index contributed by atoms with van der Waals surface area (Å²) in [5, 5.41) is 12.3. The average Bonchev–Trinajstić information content (AvgIpc) is 3.01. The average molecular weight is 235 g/mol. The van der Waals surface area contributed by atoms with Gasteiger partial charge in [-0.2, -0.15) is 5.10 Å². The van der Waals surface area contributed by atoms with Crippen LogP contribution in [0.3, 0.4) is 0 Å². The quantitative estimate of drug-likeness (QED) is 0.681. The summed E-state index contributed by atoms with van der Waals surface area (Å²) in [6, 6.07) is 17.0. The molecule has 1 atom stereocenters. The van der Waals surface area contributed by atoms with Crippen LogP contribution in [0.15, 0.2) is 48.5 Å². The Morgan fingerprint density at radius 2 is 1.83 bits per heavy atom. The van der Waals surface area contributed by atoms with E-state index in [-0.39, 0.29) is 6.04 Å². The van der Waals surface area contributed by atoms with E-state index in [9.17, 15) is 0 Å². The summed E-state index contributed by atoms with van der Waals surface area (Å²) in [5.74, 6) is 0. The number of H-pyrrole nitrogens is 1. The lowest BCUT2D eigenvalue weighted by Crippen LogP contribution is -2.14. The molecule has 1 aliphatic rings. The van der Waals surface area contributed by atoms with Gasteiger partial charge in [0.25, 0.3) is 0 Å². The molecule has 1 aromatic heterocycles. The summed E-state index contributed by atoms with van der Waals surface area (Å²) < 4.78 is 0. The van der Waals surface area contributed by atoms with Gasteiger partial charge in [0.05, 0.1) is 17.3 Å². The minimum atomic E-state index is 0.230. The van der Waals surface area contributed by atoms with Crippen LogP contribution in [0.4, 0.5) is 0 Å². The summed E-state index contributed by atoms with van der Waals surface area (Å²) in [6.45, 7) is 0.925. The molecule has 3 aromatic rings. The first kappa shape index (κ1) is 9.85. The molecule has 3 nitrogen and oxygen atoms in total. The van der Waals surface area contributed by atoms with Crippen LogP contribution in [-0.2, 0) is 6.54 Å². The van der Waals surface area contributed by atoms with Gasteiger partial charge >= 0.3 is 0 Å². The molecule has 2 heterocycles. The number of hydrogen-bond donors (Lipinski definition) is 2. The van der Waals surface area contributed by atoms with Crippen molar-refractivity contribution in [3.8, 4) is 0 Å². The Morgan fingerprint density at radius 3 is 2.83 bits per heavy atom. The summed E-state index contributed by atoms with van der Waals surface area (Å²) >= 11 is 0. The number of benzene rings is 2. The van der Waals surface area contributed by atoms with Gasteiger partial charge in [0.2, 0.25) is 0 Å². The number of aromatic nitrogens is 2. The zero-order valence-electron chi connectivity index (χ0n) is 9.85. The molecule has 1 aliphatic heterocycles. The molecule has 88 valence electrons. The SMILES string of the molecule is c1ccc2c(c1)CNC2c1[nH]nc2ccccc12. The second-order valence-corrected chi connectivity index (χ2v) is 4.67. The van der Waals surface area contributed by atoms with Crippen molar-refractivity contribution in [2.75, 3.05) is 0 Å². The van der Waals surface area contributed by atoms with Crippen molar-refractivity contribution in [2.45, 2.75) is 12.6 Å². The highest BCUT2D eigenvalue weighted by atomic mass is 15.1. The zero-order chi connectivity index (χ0) is 11.9. The molecule has 2 aromatic carbocycles. The smallest absolute Gasteiger partial charge is 0.0924 e. The van der Waals surface area contributed by atoms with Crippen LogP contribution in [0.2, 0.25) is 0 Å². The van der Waals surface area contributed by atoms with Crippen LogP contribution in [0.25, 0.3) is 10.9 Å². The highest BCUT2D eigenvalue weighted by Crippen LogP contribution is 2.32. The van der Waals surface area contributed by atoms with Gasteiger partial charge in [-0.25, -0.2) is 0 Å². The van der Waals surface area contributed by atoms with Crippen molar-refractivity contribution in [2.24, 2.45) is 0 Å². The van der Waals surface area contributed by atoms with Gasteiger partial charge in [-0.15, -0.1) is 0 Å². The Labute approximate surface area is 105 Å². The van der Waals surface area contributed by atoms with E-state index in [0.29, 0.717) is 0 Å². The van der Waals surface area contributed by atoms with Crippen LogP contribution in [0, 0.1) is 0 Å². The van der Waals surface area contributed by atoms with Crippen LogP contribution in [0.5, 0.6) is 0 Å². The lowest BCUT2D eigenvalue weighted by Gasteiger charge is -2.10. The third-order valence-corrected chi connectivity index (χ3v) is 3.64. The van der Waals surface area contributed by atoms with Crippen molar-refractivity contribution < 1.29 is 0 Å². The van der Waals surface area contributed by atoms with Crippen molar-refractivity contribution in [3.63, 3.8) is 0 Å². The van der Waals surface area contributed by atoms with Crippen LogP contribution in [0.1, 0.15) is 22.9 Å². The summed E-state index contributed by atoms with van der Waals surface area (Å²) in [7, 11) is 0.